The highest BCUT2D eigenvalue weighted by Crippen LogP contribution is 2.30. The summed E-state index contributed by atoms with van der Waals surface area (Å²) in [5.74, 6) is 0. The van der Waals surface area contributed by atoms with Gasteiger partial charge in [-0.25, -0.2) is 0 Å². The summed E-state index contributed by atoms with van der Waals surface area (Å²) < 4.78 is 2.19. The Labute approximate surface area is 168 Å². The number of hydrogen-bond acceptors (Lipinski definition) is 2. The van der Waals surface area contributed by atoms with E-state index in [1.807, 2.05) is 0 Å². The van der Waals surface area contributed by atoms with Gasteiger partial charge in [-0.05, 0) is 49.8 Å². The van der Waals surface area contributed by atoms with Crippen LogP contribution in [-0.4, -0.2) is 9.78 Å². The van der Waals surface area contributed by atoms with Gasteiger partial charge in [0, 0.05) is 23.8 Å². The van der Waals surface area contributed by atoms with Gasteiger partial charge < -0.3 is 5.32 Å². The van der Waals surface area contributed by atoms with Crippen molar-refractivity contribution < 1.29 is 0 Å². The van der Waals surface area contributed by atoms with Gasteiger partial charge in [0.1, 0.15) is 0 Å². The van der Waals surface area contributed by atoms with E-state index >= 15 is 0 Å². The topological polar surface area (TPSA) is 29.9 Å². The van der Waals surface area contributed by atoms with E-state index < -0.39 is 0 Å². The normalized spacial score (nSPS) is 15.9. The van der Waals surface area contributed by atoms with Gasteiger partial charge in [-0.15, -0.1) is 12.4 Å². The Morgan fingerprint density at radius 3 is 2.70 bits per heavy atom. The summed E-state index contributed by atoms with van der Waals surface area (Å²) in [6.07, 6.45) is 5.62. The van der Waals surface area contributed by atoms with Crippen molar-refractivity contribution >= 4 is 12.4 Å². The first-order chi connectivity index (χ1) is 12.7. The molecule has 1 aromatic heterocycles. The molecule has 1 heterocycles. The standard InChI is InChI=1S/C23H27N3.ClH/c1-17-11-12-20(18(2)13-17)14-24-22-9-6-10-23-21(22)15-25-26(23)16-19-7-4-3-5-8-19;/h3-5,7-8,11-13,15,22,24H,6,9-10,14,16H2,1-2H3;1H. The van der Waals surface area contributed by atoms with Gasteiger partial charge in [-0.3, -0.25) is 4.68 Å². The van der Waals surface area contributed by atoms with E-state index in [1.54, 1.807) is 0 Å². The first-order valence-corrected chi connectivity index (χ1v) is 9.59. The molecule has 0 spiro atoms. The quantitative estimate of drug-likeness (QED) is 0.663. The fourth-order valence-electron chi connectivity index (χ4n) is 4.00. The first kappa shape index (κ1) is 19.7. The van der Waals surface area contributed by atoms with Crippen molar-refractivity contribution in [3.63, 3.8) is 0 Å². The number of hydrogen-bond donors (Lipinski definition) is 1. The third-order valence-electron chi connectivity index (χ3n) is 5.47. The highest BCUT2D eigenvalue weighted by Gasteiger charge is 2.24. The maximum atomic E-state index is 4.70. The highest BCUT2D eigenvalue weighted by molar-refractivity contribution is 5.85. The summed E-state index contributed by atoms with van der Waals surface area (Å²) >= 11 is 0. The number of fused-ring (bicyclic) bond motifs is 1. The fourth-order valence-corrected chi connectivity index (χ4v) is 4.00. The third kappa shape index (κ3) is 4.42. The summed E-state index contributed by atoms with van der Waals surface area (Å²) in [6.45, 7) is 6.13. The third-order valence-corrected chi connectivity index (χ3v) is 5.47. The first-order valence-electron chi connectivity index (χ1n) is 9.59. The van der Waals surface area contributed by atoms with Crippen LogP contribution in [0.5, 0.6) is 0 Å². The van der Waals surface area contributed by atoms with E-state index in [1.165, 1.54) is 46.4 Å². The molecule has 142 valence electrons. The minimum atomic E-state index is 0. The molecule has 0 fully saturated rings. The summed E-state index contributed by atoms with van der Waals surface area (Å²) in [4.78, 5) is 0. The molecule has 27 heavy (non-hydrogen) atoms. The van der Waals surface area contributed by atoms with Gasteiger partial charge in [0.2, 0.25) is 0 Å². The number of benzene rings is 2. The summed E-state index contributed by atoms with van der Waals surface area (Å²) in [6, 6.07) is 17.7. The Bertz CT molecular complexity index is 886. The molecule has 0 bridgehead atoms. The molecule has 1 unspecified atom stereocenters. The lowest BCUT2D eigenvalue weighted by Crippen LogP contribution is -2.25. The van der Waals surface area contributed by atoms with E-state index in [-0.39, 0.29) is 12.4 Å². The van der Waals surface area contributed by atoms with Gasteiger partial charge in [-0.1, -0.05) is 54.1 Å². The molecular formula is C23H28ClN3. The van der Waals surface area contributed by atoms with Crippen molar-refractivity contribution in [1.82, 2.24) is 15.1 Å². The number of nitrogens with one attached hydrogen (secondary N) is 1. The van der Waals surface area contributed by atoms with Gasteiger partial charge in [0.25, 0.3) is 0 Å². The molecule has 1 aliphatic rings. The zero-order valence-electron chi connectivity index (χ0n) is 16.1. The molecule has 2 aromatic carbocycles. The number of nitrogens with zero attached hydrogens (tertiary/aromatic N) is 2. The predicted molar refractivity (Wildman–Crippen MR) is 113 cm³/mol. The van der Waals surface area contributed by atoms with Crippen LogP contribution in [0, 0.1) is 13.8 Å². The van der Waals surface area contributed by atoms with Crippen molar-refractivity contribution in [3.8, 4) is 0 Å². The number of aryl methyl sites for hydroxylation is 2. The minimum Gasteiger partial charge on any atom is -0.306 e. The SMILES string of the molecule is Cc1ccc(CNC2CCCc3c2cnn3Cc2ccccc2)c(C)c1.Cl. The summed E-state index contributed by atoms with van der Waals surface area (Å²) in [5.41, 5.74) is 8.18. The van der Waals surface area contributed by atoms with E-state index in [0.717, 1.165) is 19.5 Å². The van der Waals surface area contributed by atoms with E-state index in [9.17, 15) is 0 Å². The molecule has 0 amide bonds. The largest absolute Gasteiger partial charge is 0.306 e. The minimum absolute atomic E-state index is 0. The van der Waals surface area contributed by atoms with Gasteiger partial charge in [-0.2, -0.15) is 5.10 Å². The Balaban J connectivity index is 0.00000210. The Morgan fingerprint density at radius 1 is 1.11 bits per heavy atom. The van der Waals surface area contributed by atoms with Gasteiger partial charge >= 0.3 is 0 Å². The average Bonchev–Trinajstić information content (AvgIpc) is 3.05. The molecule has 3 nitrogen and oxygen atoms in total. The maximum Gasteiger partial charge on any atom is 0.0662 e. The summed E-state index contributed by atoms with van der Waals surface area (Å²) in [7, 11) is 0. The van der Waals surface area contributed by atoms with Crippen LogP contribution in [0.2, 0.25) is 0 Å². The van der Waals surface area contributed by atoms with Crippen LogP contribution in [0.15, 0.2) is 54.7 Å². The lowest BCUT2D eigenvalue weighted by atomic mass is 9.92. The van der Waals surface area contributed by atoms with Crippen LogP contribution in [0.1, 0.15) is 52.4 Å². The molecule has 3 aromatic rings. The predicted octanol–water partition coefficient (Wildman–Crippen LogP) is 5.14. The van der Waals surface area contributed by atoms with Crippen LogP contribution >= 0.6 is 12.4 Å². The van der Waals surface area contributed by atoms with Crippen molar-refractivity contribution in [3.05, 3.63) is 88.2 Å². The van der Waals surface area contributed by atoms with Crippen molar-refractivity contribution in [2.75, 3.05) is 0 Å². The molecule has 0 saturated carbocycles. The molecule has 1 N–H and O–H groups in total. The molecule has 0 radical (unpaired) electrons. The lowest BCUT2D eigenvalue weighted by molar-refractivity contribution is 0.449. The lowest BCUT2D eigenvalue weighted by Gasteiger charge is -2.25. The molecule has 4 heteroatoms. The monoisotopic (exact) mass is 381 g/mol. The summed E-state index contributed by atoms with van der Waals surface area (Å²) in [5, 5.41) is 8.48. The number of halogens is 1. The smallest absolute Gasteiger partial charge is 0.0662 e. The molecule has 4 rings (SSSR count). The van der Waals surface area contributed by atoms with Crippen LogP contribution < -0.4 is 5.32 Å². The van der Waals surface area contributed by atoms with Crippen molar-refractivity contribution in [2.24, 2.45) is 0 Å². The van der Waals surface area contributed by atoms with Crippen LogP contribution in [0.25, 0.3) is 0 Å². The fraction of sp³-hybridized carbons (Fsp3) is 0.348. The number of aromatic nitrogens is 2. The van der Waals surface area contributed by atoms with Gasteiger partial charge in [0.15, 0.2) is 0 Å². The van der Waals surface area contributed by atoms with Crippen molar-refractivity contribution in [2.45, 2.75) is 52.2 Å². The Kier molecular flexibility index (Phi) is 6.35. The zero-order chi connectivity index (χ0) is 17.9. The average molecular weight is 382 g/mol. The Hall–Kier alpha value is -2.10. The Morgan fingerprint density at radius 2 is 1.93 bits per heavy atom. The number of rotatable bonds is 5. The zero-order valence-corrected chi connectivity index (χ0v) is 16.9. The van der Waals surface area contributed by atoms with Crippen LogP contribution in [0.3, 0.4) is 0 Å². The van der Waals surface area contributed by atoms with Crippen LogP contribution in [-0.2, 0) is 19.5 Å². The van der Waals surface area contributed by atoms with E-state index in [2.05, 4.69) is 78.6 Å². The second kappa shape index (κ2) is 8.73. The molecule has 0 saturated heterocycles. The van der Waals surface area contributed by atoms with Gasteiger partial charge in [0.05, 0.1) is 12.7 Å². The molecule has 1 atom stereocenters. The van der Waals surface area contributed by atoms with E-state index in [0.29, 0.717) is 6.04 Å². The molecule has 1 aliphatic carbocycles. The maximum absolute atomic E-state index is 4.70. The van der Waals surface area contributed by atoms with Crippen molar-refractivity contribution in [1.29, 1.82) is 0 Å². The molecule has 0 aliphatic heterocycles. The van der Waals surface area contributed by atoms with E-state index in [4.69, 9.17) is 5.10 Å². The highest BCUT2D eigenvalue weighted by atomic mass is 35.5. The van der Waals surface area contributed by atoms with Crippen LogP contribution in [0.4, 0.5) is 0 Å². The second-order valence-electron chi connectivity index (χ2n) is 7.45. The second-order valence-corrected chi connectivity index (χ2v) is 7.45. The molecular weight excluding hydrogens is 354 g/mol.